The van der Waals surface area contributed by atoms with E-state index in [1.165, 1.54) is 11.3 Å². The van der Waals surface area contributed by atoms with Crippen molar-refractivity contribution in [1.82, 2.24) is 14.8 Å². The topological polar surface area (TPSA) is 53.5 Å². The molecule has 2 saturated heterocycles. The van der Waals surface area contributed by atoms with Gasteiger partial charge in [-0.1, -0.05) is 6.07 Å². The Bertz CT molecular complexity index is 819. The van der Waals surface area contributed by atoms with Crippen molar-refractivity contribution in [1.29, 1.82) is 0 Å². The Labute approximate surface area is 157 Å². The lowest BCUT2D eigenvalue weighted by molar-refractivity contribution is -0.146. The van der Waals surface area contributed by atoms with E-state index in [4.69, 9.17) is 0 Å². The van der Waals surface area contributed by atoms with E-state index in [2.05, 4.69) is 4.98 Å². The Kier molecular flexibility index (Phi) is 4.53. The summed E-state index contributed by atoms with van der Waals surface area (Å²) in [7, 11) is 0. The predicted octanol–water partition coefficient (Wildman–Crippen LogP) is 3.11. The van der Waals surface area contributed by atoms with Gasteiger partial charge in [0.25, 0.3) is 5.91 Å². The van der Waals surface area contributed by atoms with Crippen molar-refractivity contribution in [3.8, 4) is 0 Å². The van der Waals surface area contributed by atoms with Crippen LogP contribution in [0.4, 0.5) is 0 Å². The smallest absolute Gasteiger partial charge is 0.263 e. The summed E-state index contributed by atoms with van der Waals surface area (Å²) in [6.07, 6.45) is 6.20. The summed E-state index contributed by atoms with van der Waals surface area (Å²) in [6.45, 7) is 4.61. The zero-order valence-corrected chi connectivity index (χ0v) is 15.8. The summed E-state index contributed by atoms with van der Waals surface area (Å²) in [6, 6.07) is 7.78. The first kappa shape index (κ1) is 17.2. The minimum absolute atomic E-state index is 0.0668. The molecule has 2 aromatic heterocycles. The van der Waals surface area contributed by atoms with Gasteiger partial charge in [-0.3, -0.25) is 14.6 Å². The van der Waals surface area contributed by atoms with Crippen molar-refractivity contribution >= 4 is 23.2 Å². The lowest BCUT2D eigenvalue weighted by Gasteiger charge is -2.39. The zero-order valence-electron chi connectivity index (χ0n) is 15.0. The molecule has 0 bridgehead atoms. The van der Waals surface area contributed by atoms with Crippen LogP contribution in [0.15, 0.2) is 36.7 Å². The summed E-state index contributed by atoms with van der Waals surface area (Å²) >= 11 is 1.53. The fourth-order valence-corrected chi connectivity index (χ4v) is 4.98. The van der Waals surface area contributed by atoms with Gasteiger partial charge >= 0.3 is 0 Å². The van der Waals surface area contributed by atoms with Crippen molar-refractivity contribution in [2.24, 2.45) is 5.41 Å². The Morgan fingerprint density at radius 1 is 1.27 bits per heavy atom. The van der Waals surface area contributed by atoms with Gasteiger partial charge in [-0.25, -0.2) is 0 Å². The van der Waals surface area contributed by atoms with Crippen molar-refractivity contribution in [3.63, 3.8) is 0 Å². The lowest BCUT2D eigenvalue weighted by atomic mass is 9.78. The molecular formula is C20H23N3O2S. The average molecular weight is 369 g/mol. The molecule has 26 heavy (non-hydrogen) atoms. The molecule has 4 rings (SSSR count). The monoisotopic (exact) mass is 369 g/mol. The Morgan fingerprint density at radius 2 is 2.15 bits per heavy atom. The van der Waals surface area contributed by atoms with Gasteiger partial charge in [0.1, 0.15) is 0 Å². The molecule has 0 radical (unpaired) electrons. The average Bonchev–Trinajstić information content (AvgIpc) is 3.27. The fourth-order valence-electron chi connectivity index (χ4n) is 4.14. The van der Waals surface area contributed by atoms with Gasteiger partial charge in [-0.15, -0.1) is 11.3 Å². The van der Waals surface area contributed by atoms with Crippen molar-refractivity contribution in [3.05, 3.63) is 52.0 Å². The minimum Gasteiger partial charge on any atom is -0.338 e. The van der Waals surface area contributed by atoms with Crippen molar-refractivity contribution < 1.29 is 9.59 Å². The molecule has 6 heteroatoms. The Hall–Kier alpha value is -2.21. The second kappa shape index (κ2) is 6.83. The van der Waals surface area contributed by atoms with Gasteiger partial charge in [0.2, 0.25) is 5.91 Å². The molecule has 0 aliphatic carbocycles. The van der Waals surface area contributed by atoms with E-state index in [1.54, 1.807) is 6.20 Å². The van der Waals surface area contributed by atoms with E-state index in [9.17, 15) is 9.59 Å². The number of aryl methyl sites for hydroxylation is 1. The number of nitrogens with zero attached hydrogens (tertiary/aromatic N) is 3. The summed E-state index contributed by atoms with van der Waals surface area (Å²) < 4.78 is 0. The molecule has 0 aromatic carbocycles. The van der Waals surface area contributed by atoms with Crippen LogP contribution >= 0.6 is 11.3 Å². The highest BCUT2D eigenvalue weighted by Gasteiger charge is 2.49. The van der Waals surface area contributed by atoms with Gasteiger partial charge in [0, 0.05) is 43.4 Å². The van der Waals surface area contributed by atoms with Crippen molar-refractivity contribution in [2.45, 2.75) is 32.7 Å². The van der Waals surface area contributed by atoms with E-state index in [0.29, 0.717) is 19.6 Å². The van der Waals surface area contributed by atoms with Gasteiger partial charge in [0.05, 0.1) is 10.3 Å². The fraction of sp³-hybridized carbons (Fsp3) is 0.450. The molecule has 136 valence electrons. The molecule has 0 N–H and O–H groups in total. The number of aromatic nitrogens is 1. The largest absolute Gasteiger partial charge is 0.338 e. The molecule has 2 fully saturated rings. The molecule has 2 aliphatic rings. The van der Waals surface area contributed by atoms with Gasteiger partial charge < -0.3 is 9.80 Å². The number of pyridine rings is 1. The van der Waals surface area contributed by atoms with Gasteiger partial charge in [0.15, 0.2) is 0 Å². The van der Waals surface area contributed by atoms with Crippen LogP contribution < -0.4 is 0 Å². The number of carbonyl (C=O) groups excluding carboxylic acids is 2. The number of amides is 2. The maximum Gasteiger partial charge on any atom is 0.263 e. The van der Waals surface area contributed by atoms with Crippen LogP contribution in [0.2, 0.25) is 0 Å². The standard InChI is InChI=1S/C20H23N3O2S/c1-15-5-6-17(26-15)18(24)23-11-8-20(14-23)7-3-10-22(19(20)25)13-16-4-2-9-21-12-16/h2,4-6,9,12H,3,7-8,10-11,13-14H2,1H3/t20-/m1/s1. The molecular weight excluding hydrogens is 346 g/mol. The molecule has 1 atom stereocenters. The van der Waals surface area contributed by atoms with Gasteiger partial charge in [-0.2, -0.15) is 0 Å². The highest BCUT2D eigenvalue weighted by molar-refractivity contribution is 7.13. The number of hydrogen-bond donors (Lipinski definition) is 0. The predicted molar refractivity (Wildman–Crippen MR) is 101 cm³/mol. The number of carbonyl (C=O) groups is 2. The first-order valence-corrected chi connectivity index (χ1v) is 9.93. The number of hydrogen-bond acceptors (Lipinski definition) is 4. The maximum absolute atomic E-state index is 13.2. The van der Waals surface area contributed by atoms with Crippen LogP contribution in [0.1, 0.15) is 39.4 Å². The van der Waals surface area contributed by atoms with E-state index in [0.717, 1.165) is 41.1 Å². The summed E-state index contributed by atoms with van der Waals surface area (Å²) in [5.74, 6) is 0.266. The summed E-state index contributed by atoms with van der Waals surface area (Å²) in [4.78, 5) is 35.9. The highest BCUT2D eigenvalue weighted by atomic mass is 32.1. The normalized spacial score (nSPS) is 23.0. The molecule has 2 aromatic rings. The van der Waals surface area contributed by atoms with Crippen LogP contribution in [0.25, 0.3) is 0 Å². The van der Waals surface area contributed by atoms with Crippen LogP contribution in [0, 0.1) is 12.3 Å². The zero-order chi connectivity index (χ0) is 18.1. The number of thiophene rings is 1. The SMILES string of the molecule is Cc1ccc(C(=O)N2CC[C@]3(CCCN(Cc4cccnc4)C3=O)C2)s1. The Balaban J connectivity index is 1.48. The van der Waals surface area contributed by atoms with E-state index >= 15 is 0 Å². The van der Waals surface area contributed by atoms with Gasteiger partial charge in [-0.05, 0) is 49.9 Å². The molecule has 5 nitrogen and oxygen atoms in total. The minimum atomic E-state index is -0.400. The summed E-state index contributed by atoms with van der Waals surface area (Å²) in [5.41, 5.74) is 0.653. The first-order valence-electron chi connectivity index (χ1n) is 9.11. The van der Waals surface area contributed by atoms with Crippen LogP contribution in [-0.2, 0) is 11.3 Å². The van der Waals surface area contributed by atoms with Crippen molar-refractivity contribution in [2.75, 3.05) is 19.6 Å². The van der Waals surface area contributed by atoms with E-state index < -0.39 is 5.41 Å². The third-order valence-corrected chi connectivity index (χ3v) is 6.50. The maximum atomic E-state index is 13.2. The van der Waals surface area contributed by atoms with Crippen LogP contribution in [0.3, 0.4) is 0 Å². The highest BCUT2D eigenvalue weighted by Crippen LogP contribution is 2.41. The van der Waals surface area contributed by atoms with Crippen LogP contribution in [0.5, 0.6) is 0 Å². The van der Waals surface area contributed by atoms with E-state index in [1.807, 2.05) is 47.2 Å². The number of likely N-dealkylation sites (tertiary alicyclic amines) is 2. The van der Waals surface area contributed by atoms with Crippen LogP contribution in [-0.4, -0.2) is 46.2 Å². The second-order valence-corrected chi connectivity index (χ2v) is 8.65. The quantitative estimate of drug-likeness (QED) is 0.835. The third kappa shape index (κ3) is 3.14. The second-order valence-electron chi connectivity index (χ2n) is 7.36. The number of rotatable bonds is 3. The van der Waals surface area contributed by atoms with E-state index in [-0.39, 0.29) is 11.8 Å². The Morgan fingerprint density at radius 3 is 2.88 bits per heavy atom. The molecule has 0 saturated carbocycles. The number of piperidine rings is 1. The summed E-state index contributed by atoms with van der Waals surface area (Å²) in [5, 5.41) is 0. The lowest BCUT2D eigenvalue weighted by Crippen LogP contribution is -2.50. The third-order valence-electron chi connectivity index (χ3n) is 5.51. The molecule has 0 unspecified atom stereocenters. The molecule has 4 heterocycles. The first-order chi connectivity index (χ1) is 12.6. The molecule has 2 aliphatic heterocycles. The molecule has 2 amide bonds. The molecule has 1 spiro atoms.